The van der Waals surface area contributed by atoms with Crippen LogP contribution in [0.2, 0.25) is 5.02 Å². The van der Waals surface area contributed by atoms with E-state index < -0.39 is 0 Å². The minimum Gasteiger partial charge on any atom is -0.301 e. The van der Waals surface area contributed by atoms with Crippen LogP contribution in [-0.4, -0.2) is 25.5 Å². The number of halogens is 1. The van der Waals surface area contributed by atoms with Gasteiger partial charge in [0, 0.05) is 24.4 Å². The summed E-state index contributed by atoms with van der Waals surface area (Å²) in [5.41, 5.74) is 0.989. The molecule has 0 saturated carbocycles. The molecule has 0 spiro atoms. The summed E-state index contributed by atoms with van der Waals surface area (Å²) in [5, 5.41) is 11.5. The first kappa shape index (κ1) is 16.9. The zero-order valence-electron chi connectivity index (χ0n) is 12.5. The number of aromatic nitrogens is 4. The Morgan fingerprint density at radius 1 is 1.42 bits per heavy atom. The molecule has 0 aromatic carbocycles. The normalized spacial score (nSPS) is 10.9. The van der Waals surface area contributed by atoms with Crippen LogP contribution in [0.25, 0.3) is 5.65 Å². The van der Waals surface area contributed by atoms with Crippen molar-refractivity contribution in [1.82, 2.24) is 19.6 Å². The molecule has 0 unspecified atom stereocenters. The lowest BCUT2D eigenvalue weighted by molar-refractivity contribution is -0.115. The molecule has 0 bridgehead atoms. The number of thioether (sulfide) groups is 1. The van der Waals surface area contributed by atoms with E-state index in [1.165, 1.54) is 39.8 Å². The molecule has 1 amide bonds. The molecule has 0 atom stereocenters. The molecule has 124 valence electrons. The second-order valence-corrected chi connectivity index (χ2v) is 7.36. The Morgan fingerprint density at radius 2 is 2.25 bits per heavy atom. The van der Waals surface area contributed by atoms with Gasteiger partial charge in [0.05, 0.1) is 10.7 Å². The molecule has 10 heteroatoms. The van der Waals surface area contributed by atoms with Crippen molar-refractivity contribution < 1.29 is 4.79 Å². The number of anilines is 1. The van der Waals surface area contributed by atoms with Gasteiger partial charge in [-0.3, -0.25) is 14.0 Å². The first-order chi connectivity index (χ1) is 11.5. The minimum absolute atomic E-state index is 0.106. The van der Waals surface area contributed by atoms with Crippen LogP contribution in [-0.2, 0) is 10.5 Å². The maximum Gasteiger partial charge on any atom is 0.258 e. The van der Waals surface area contributed by atoms with E-state index in [-0.39, 0.29) is 11.5 Å². The fourth-order valence-electron chi connectivity index (χ4n) is 1.86. The van der Waals surface area contributed by atoms with Crippen LogP contribution in [0.3, 0.4) is 0 Å². The average molecular weight is 382 g/mol. The van der Waals surface area contributed by atoms with Crippen molar-refractivity contribution in [2.45, 2.75) is 23.4 Å². The summed E-state index contributed by atoms with van der Waals surface area (Å²) < 4.78 is 2.10. The number of hydrogen-bond donors (Lipinski definition) is 1. The Kier molecular flexibility index (Phi) is 5.12. The zero-order chi connectivity index (χ0) is 17.1. The lowest BCUT2D eigenvalue weighted by Gasteiger charge is -2.03. The van der Waals surface area contributed by atoms with Crippen molar-refractivity contribution in [2.24, 2.45) is 0 Å². The molecule has 3 aromatic heterocycles. The Hall–Kier alpha value is -1.97. The monoisotopic (exact) mass is 381 g/mol. The van der Waals surface area contributed by atoms with Crippen molar-refractivity contribution >= 4 is 51.4 Å². The summed E-state index contributed by atoms with van der Waals surface area (Å²) in [5.74, 6) is 0.371. The van der Waals surface area contributed by atoms with Crippen LogP contribution in [0.15, 0.2) is 33.5 Å². The third-order valence-electron chi connectivity index (χ3n) is 2.99. The molecule has 3 heterocycles. The summed E-state index contributed by atoms with van der Waals surface area (Å²) in [6.07, 6.45) is 1.92. The molecule has 0 aliphatic rings. The van der Waals surface area contributed by atoms with Crippen molar-refractivity contribution in [1.29, 1.82) is 0 Å². The number of rotatable bonds is 5. The highest BCUT2D eigenvalue weighted by Gasteiger charge is 2.09. The molecular formula is C14H12ClN5O2S2. The molecule has 0 radical (unpaired) electrons. The fraction of sp³-hybridized carbons (Fsp3) is 0.214. The average Bonchev–Trinajstić information content (AvgIpc) is 3.01. The minimum atomic E-state index is -0.189. The Balaban J connectivity index is 1.73. The summed E-state index contributed by atoms with van der Waals surface area (Å²) in [6.45, 7) is 1.77. The maximum atomic E-state index is 12.1. The van der Waals surface area contributed by atoms with Crippen molar-refractivity contribution in [3.63, 3.8) is 0 Å². The van der Waals surface area contributed by atoms with Crippen molar-refractivity contribution in [3.8, 4) is 0 Å². The Labute approximate surface area is 150 Å². The van der Waals surface area contributed by atoms with E-state index in [4.69, 9.17) is 11.6 Å². The highest BCUT2D eigenvalue weighted by Crippen LogP contribution is 2.27. The summed E-state index contributed by atoms with van der Waals surface area (Å²) in [6, 6.07) is 4.85. The molecule has 1 N–H and O–H groups in total. The lowest BCUT2D eigenvalue weighted by atomic mass is 10.4. The van der Waals surface area contributed by atoms with Gasteiger partial charge in [-0.1, -0.05) is 41.6 Å². The Morgan fingerprint density at radius 3 is 3.04 bits per heavy atom. The van der Waals surface area contributed by atoms with Crippen LogP contribution in [0.4, 0.5) is 5.13 Å². The zero-order valence-corrected chi connectivity index (χ0v) is 14.9. The second kappa shape index (κ2) is 7.29. The van der Waals surface area contributed by atoms with Crippen LogP contribution in [0, 0.1) is 0 Å². The van der Waals surface area contributed by atoms with Gasteiger partial charge in [0.15, 0.2) is 4.34 Å². The molecule has 0 aliphatic carbocycles. The van der Waals surface area contributed by atoms with Gasteiger partial charge in [-0.15, -0.1) is 10.2 Å². The smallest absolute Gasteiger partial charge is 0.258 e. The fourth-order valence-corrected chi connectivity index (χ4v) is 3.68. The first-order valence-corrected chi connectivity index (χ1v) is 9.17. The van der Waals surface area contributed by atoms with Gasteiger partial charge in [0.25, 0.3) is 5.56 Å². The van der Waals surface area contributed by atoms with Gasteiger partial charge in [0.1, 0.15) is 5.65 Å². The molecule has 7 nitrogen and oxygen atoms in total. The SMILES string of the molecule is CCC(=O)Nc1nnc(SCc2cc(=O)n3cc(Cl)ccc3n2)s1. The summed E-state index contributed by atoms with van der Waals surface area (Å²) in [7, 11) is 0. The molecule has 0 saturated heterocycles. The number of hydrogen-bond acceptors (Lipinski definition) is 7. The van der Waals surface area contributed by atoms with E-state index in [9.17, 15) is 9.59 Å². The van der Waals surface area contributed by atoms with E-state index in [0.717, 1.165) is 0 Å². The van der Waals surface area contributed by atoms with Crippen LogP contribution in [0.1, 0.15) is 19.0 Å². The van der Waals surface area contributed by atoms with E-state index in [0.29, 0.717) is 38.0 Å². The largest absolute Gasteiger partial charge is 0.301 e. The molecule has 24 heavy (non-hydrogen) atoms. The number of nitrogens with one attached hydrogen (secondary N) is 1. The number of carbonyl (C=O) groups excluding carboxylic acids is 1. The van der Waals surface area contributed by atoms with Crippen molar-refractivity contribution in [2.75, 3.05) is 5.32 Å². The van der Waals surface area contributed by atoms with Crippen LogP contribution in [0.5, 0.6) is 0 Å². The standard InChI is InChI=1S/C14H12ClN5O2S2/c1-2-11(21)17-13-18-19-14(24-13)23-7-9-5-12(22)20-6-8(15)3-4-10(20)16-9/h3-6H,2,7H2,1H3,(H,17,18,21). The molecule has 0 fully saturated rings. The first-order valence-electron chi connectivity index (χ1n) is 6.99. The predicted molar refractivity (Wildman–Crippen MR) is 94.9 cm³/mol. The third-order valence-corrected chi connectivity index (χ3v) is 5.22. The second-order valence-electron chi connectivity index (χ2n) is 4.72. The van der Waals surface area contributed by atoms with E-state index in [1.807, 2.05) is 0 Å². The summed E-state index contributed by atoms with van der Waals surface area (Å²) in [4.78, 5) is 27.9. The van der Waals surface area contributed by atoms with E-state index in [2.05, 4.69) is 20.5 Å². The van der Waals surface area contributed by atoms with Gasteiger partial charge < -0.3 is 5.32 Å². The Bertz CT molecular complexity index is 956. The molecular weight excluding hydrogens is 370 g/mol. The molecule has 0 aliphatic heterocycles. The van der Waals surface area contributed by atoms with Crippen LogP contribution < -0.4 is 10.9 Å². The quantitative estimate of drug-likeness (QED) is 0.540. The number of nitrogens with zero attached hydrogens (tertiary/aromatic N) is 4. The maximum absolute atomic E-state index is 12.1. The lowest BCUT2D eigenvalue weighted by Crippen LogP contribution is -2.14. The van der Waals surface area contributed by atoms with Crippen LogP contribution >= 0.6 is 34.7 Å². The highest BCUT2D eigenvalue weighted by atomic mass is 35.5. The third kappa shape index (κ3) is 3.92. The number of pyridine rings is 1. The van der Waals surface area contributed by atoms with Gasteiger partial charge in [0.2, 0.25) is 11.0 Å². The summed E-state index contributed by atoms with van der Waals surface area (Å²) >= 11 is 8.58. The molecule has 3 rings (SSSR count). The topological polar surface area (TPSA) is 89.2 Å². The van der Waals surface area contributed by atoms with Gasteiger partial charge in [-0.2, -0.15) is 0 Å². The number of carbonyl (C=O) groups is 1. The highest BCUT2D eigenvalue weighted by molar-refractivity contribution is 8.00. The molecule has 3 aromatic rings. The number of fused-ring (bicyclic) bond motifs is 1. The van der Waals surface area contributed by atoms with Gasteiger partial charge >= 0.3 is 0 Å². The number of amides is 1. The van der Waals surface area contributed by atoms with Crippen molar-refractivity contribution in [3.05, 3.63) is 45.5 Å². The predicted octanol–water partition coefficient (Wildman–Crippen LogP) is 2.84. The van der Waals surface area contributed by atoms with Gasteiger partial charge in [-0.25, -0.2) is 4.98 Å². The van der Waals surface area contributed by atoms with Gasteiger partial charge in [-0.05, 0) is 12.1 Å². The van der Waals surface area contributed by atoms with E-state index >= 15 is 0 Å². The van der Waals surface area contributed by atoms with E-state index in [1.54, 1.807) is 19.1 Å².